The number of nitrogens with one attached hydrogen (secondary N) is 2. The maximum Gasteiger partial charge on any atom is 0.327 e. The van der Waals surface area contributed by atoms with E-state index < -0.39 is 17.6 Å². The Hall–Kier alpha value is -1.54. The van der Waals surface area contributed by atoms with Gasteiger partial charge >= 0.3 is 5.97 Å². The Labute approximate surface area is 101 Å². The van der Waals surface area contributed by atoms with E-state index in [0.717, 1.165) is 19.4 Å². The van der Waals surface area contributed by atoms with Crippen LogP contribution in [-0.4, -0.2) is 35.1 Å². The average Bonchev–Trinajstić information content (AvgIpc) is 2.78. The van der Waals surface area contributed by atoms with Crippen molar-refractivity contribution in [3.05, 3.63) is 0 Å². The summed E-state index contributed by atoms with van der Waals surface area (Å²) in [5.41, 5.74) is -0.623. The van der Waals surface area contributed by atoms with Crippen LogP contribution in [-0.2, 0) is 9.59 Å². The molecule has 0 aliphatic carbocycles. The molecule has 0 aromatic carbocycles. The lowest BCUT2D eigenvalue weighted by molar-refractivity contribution is -0.142. The van der Waals surface area contributed by atoms with Gasteiger partial charge < -0.3 is 15.7 Å². The Balaban J connectivity index is 2.69. The molecule has 0 radical (unpaired) electrons. The summed E-state index contributed by atoms with van der Waals surface area (Å²) in [6.07, 6.45) is 7.38. The topological polar surface area (TPSA) is 78.4 Å². The fraction of sp³-hybridized carbons (Fsp3) is 0.667. The Morgan fingerprint density at radius 3 is 2.76 bits per heavy atom. The summed E-state index contributed by atoms with van der Waals surface area (Å²) in [4.78, 5) is 23.0. The van der Waals surface area contributed by atoms with E-state index in [4.69, 9.17) is 11.5 Å². The van der Waals surface area contributed by atoms with Gasteiger partial charge in [0, 0.05) is 6.42 Å². The molecular weight excluding hydrogens is 220 g/mol. The van der Waals surface area contributed by atoms with Crippen molar-refractivity contribution in [2.45, 2.75) is 44.2 Å². The van der Waals surface area contributed by atoms with Gasteiger partial charge in [0.2, 0.25) is 5.91 Å². The molecule has 1 heterocycles. The largest absolute Gasteiger partial charge is 0.480 e. The SMILES string of the molecule is C#CCC(NC(=O)C1(CC)CCCN1)C(=O)O. The van der Waals surface area contributed by atoms with Gasteiger partial charge in [-0.15, -0.1) is 12.3 Å². The molecule has 94 valence electrons. The smallest absolute Gasteiger partial charge is 0.327 e. The van der Waals surface area contributed by atoms with Crippen molar-refractivity contribution >= 4 is 11.9 Å². The van der Waals surface area contributed by atoms with Gasteiger partial charge in [0.1, 0.15) is 6.04 Å². The molecule has 17 heavy (non-hydrogen) atoms. The molecule has 1 aliphatic rings. The van der Waals surface area contributed by atoms with Crippen LogP contribution in [0, 0.1) is 12.3 Å². The summed E-state index contributed by atoms with van der Waals surface area (Å²) in [7, 11) is 0. The third-order valence-corrected chi connectivity index (χ3v) is 3.21. The summed E-state index contributed by atoms with van der Waals surface area (Å²) in [5, 5.41) is 14.6. The van der Waals surface area contributed by atoms with E-state index >= 15 is 0 Å². The first-order valence-corrected chi connectivity index (χ1v) is 5.78. The molecule has 0 bridgehead atoms. The molecular formula is C12H18N2O3. The van der Waals surface area contributed by atoms with Crippen LogP contribution in [0.4, 0.5) is 0 Å². The highest BCUT2D eigenvalue weighted by molar-refractivity contribution is 5.90. The van der Waals surface area contributed by atoms with Gasteiger partial charge in [0.05, 0.1) is 5.54 Å². The number of terminal acetylenes is 1. The average molecular weight is 238 g/mol. The molecule has 2 atom stereocenters. The van der Waals surface area contributed by atoms with E-state index in [-0.39, 0.29) is 12.3 Å². The minimum atomic E-state index is -1.10. The lowest BCUT2D eigenvalue weighted by Gasteiger charge is -2.28. The van der Waals surface area contributed by atoms with Crippen molar-refractivity contribution < 1.29 is 14.7 Å². The zero-order valence-electron chi connectivity index (χ0n) is 9.95. The molecule has 1 fully saturated rings. The number of carboxylic acids is 1. The van der Waals surface area contributed by atoms with Gasteiger partial charge in [-0.3, -0.25) is 4.79 Å². The Morgan fingerprint density at radius 2 is 2.35 bits per heavy atom. The van der Waals surface area contributed by atoms with Crippen molar-refractivity contribution in [1.82, 2.24) is 10.6 Å². The zero-order chi connectivity index (χ0) is 12.9. The molecule has 1 saturated heterocycles. The monoisotopic (exact) mass is 238 g/mol. The number of carbonyl (C=O) groups excluding carboxylic acids is 1. The summed E-state index contributed by atoms with van der Waals surface area (Å²) in [6, 6.07) is -1.00. The number of hydrogen-bond donors (Lipinski definition) is 3. The van der Waals surface area contributed by atoms with E-state index in [2.05, 4.69) is 16.6 Å². The minimum absolute atomic E-state index is 0.000861. The molecule has 1 rings (SSSR count). The van der Waals surface area contributed by atoms with Crippen LogP contribution in [0.5, 0.6) is 0 Å². The van der Waals surface area contributed by atoms with Crippen molar-refractivity contribution in [3.63, 3.8) is 0 Å². The summed E-state index contributed by atoms with van der Waals surface area (Å²) in [5.74, 6) is 0.899. The van der Waals surface area contributed by atoms with Gasteiger partial charge in [-0.05, 0) is 25.8 Å². The number of amides is 1. The van der Waals surface area contributed by atoms with Gasteiger partial charge in [-0.2, -0.15) is 0 Å². The molecule has 2 unspecified atom stereocenters. The van der Waals surface area contributed by atoms with Gasteiger partial charge in [0.25, 0.3) is 0 Å². The molecule has 1 amide bonds. The minimum Gasteiger partial charge on any atom is -0.480 e. The normalized spacial score (nSPS) is 24.9. The van der Waals surface area contributed by atoms with E-state index in [1.54, 1.807) is 0 Å². The van der Waals surface area contributed by atoms with Gasteiger partial charge in [-0.1, -0.05) is 6.92 Å². The van der Waals surface area contributed by atoms with Crippen LogP contribution in [0.1, 0.15) is 32.6 Å². The first-order chi connectivity index (χ1) is 8.05. The van der Waals surface area contributed by atoms with E-state index in [1.807, 2.05) is 6.92 Å². The molecule has 3 N–H and O–H groups in total. The second-order valence-electron chi connectivity index (χ2n) is 4.24. The molecule has 5 heteroatoms. The fourth-order valence-corrected chi connectivity index (χ4v) is 2.08. The predicted octanol–water partition coefficient (Wildman–Crippen LogP) is 0.111. The highest BCUT2D eigenvalue weighted by atomic mass is 16.4. The maximum absolute atomic E-state index is 12.1. The van der Waals surface area contributed by atoms with Crippen LogP contribution in [0.25, 0.3) is 0 Å². The Bertz CT molecular complexity index is 340. The van der Waals surface area contributed by atoms with Crippen molar-refractivity contribution in [1.29, 1.82) is 0 Å². The molecule has 0 aromatic heterocycles. The highest BCUT2D eigenvalue weighted by Crippen LogP contribution is 2.23. The predicted molar refractivity (Wildman–Crippen MR) is 63.3 cm³/mol. The van der Waals surface area contributed by atoms with Crippen molar-refractivity contribution in [3.8, 4) is 12.3 Å². The molecule has 5 nitrogen and oxygen atoms in total. The summed E-state index contributed by atoms with van der Waals surface area (Å²) < 4.78 is 0. The Morgan fingerprint density at radius 1 is 1.65 bits per heavy atom. The second kappa shape index (κ2) is 5.69. The quantitative estimate of drug-likeness (QED) is 0.594. The van der Waals surface area contributed by atoms with Crippen LogP contribution >= 0.6 is 0 Å². The second-order valence-corrected chi connectivity index (χ2v) is 4.24. The maximum atomic E-state index is 12.1. The first kappa shape index (κ1) is 13.5. The van der Waals surface area contributed by atoms with Crippen LogP contribution in [0.2, 0.25) is 0 Å². The van der Waals surface area contributed by atoms with Crippen LogP contribution < -0.4 is 10.6 Å². The van der Waals surface area contributed by atoms with E-state index in [9.17, 15) is 9.59 Å². The number of rotatable bonds is 5. The molecule has 0 saturated carbocycles. The molecule has 0 aromatic rings. The fourth-order valence-electron chi connectivity index (χ4n) is 2.08. The van der Waals surface area contributed by atoms with Crippen molar-refractivity contribution in [2.75, 3.05) is 6.54 Å². The molecule has 1 aliphatic heterocycles. The molecule has 0 spiro atoms. The number of aliphatic carboxylic acids is 1. The lowest BCUT2D eigenvalue weighted by Crippen LogP contribution is -2.56. The third-order valence-electron chi connectivity index (χ3n) is 3.21. The highest BCUT2D eigenvalue weighted by Gasteiger charge is 2.40. The lowest BCUT2D eigenvalue weighted by atomic mass is 9.92. The Kier molecular flexibility index (Phi) is 4.53. The zero-order valence-corrected chi connectivity index (χ0v) is 9.95. The van der Waals surface area contributed by atoms with Crippen LogP contribution in [0.3, 0.4) is 0 Å². The van der Waals surface area contributed by atoms with Gasteiger partial charge in [-0.25, -0.2) is 4.79 Å². The summed E-state index contributed by atoms with van der Waals surface area (Å²) >= 11 is 0. The first-order valence-electron chi connectivity index (χ1n) is 5.78. The van der Waals surface area contributed by atoms with E-state index in [0.29, 0.717) is 6.42 Å². The van der Waals surface area contributed by atoms with Gasteiger partial charge in [0.15, 0.2) is 0 Å². The number of hydrogen-bond acceptors (Lipinski definition) is 3. The third kappa shape index (κ3) is 2.98. The van der Waals surface area contributed by atoms with E-state index in [1.165, 1.54) is 0 Å². The van der Waals surface area contributed by atoms with Crippen molar-refractivity contribution in [2.24, 2.45) is 0 Å². The number of carbonyl (C=O) groups is 2. The standard InChI is InChI=1S/C12H18N2O3/c1-3-6-9(10(15)16)14-11(17)12(4-2)7-5-8-13-12/h1,9,13H,4-8H2,2H3,(H,14,17)(H,15,16). The summed E-state index contributed by atoms with van der Waals surface area (Å²) in [6.45, 7) is 2.70. The number of carboxylic acid groups (broad SMARTS) is 1. The van der Waals surface area contributed by atoms with Crippen LogP contribution in [0.15, 0.2) is 0 Å².